The minimum atomic E-state index is 0.651. The molecule has 0 saturated heterocycles. The normalized spacial score (nSPS) is 9.85. The fourth-order valence-electron chi connectivity index (χ4n) is 0.839. The summed E-state index contributed by atoms with van der Waals surface area (Å²) < 4.78 is 0. The Kier molecular flexibility index (Phi) is 2.42. The van der Waals surface area contributed by atoms with E-state index in [0.29, 0.717) is 6.54 Å². The molecule has 0 spiro atoms. The van der Waals surface area contributed by atoms with Gasteiger partial charge in [-0.2, -0.15) is 0 Å². The number of rotatable bonds is 3. The van der Waals surface area contributed by atoms with E-state index in [2.05, 4.69) is 25.5 Å². The highest BCUT2D eigenvalue weighted by Crippen LogP contribution is 2.08. The molecule has 0 aliphatic heterocycles. The molecule has 2 heterocycles. The molecule has 2 aromatic rings. The van der Waals surface area contributed by atoms with Gasteiger partial charge in [-0.25, -0.2) is 9.97 Å². The Bertz CT molecular complexity index is 346. The summed E-state index contributed by atoms with van der Waals surface area (Å²) in [4.78, 5) is 7.89. The molecule has 0 radical (unpaired) electrons. The van der Waals surface area contributed by atoms with Gasteiger partial charge in [0.15, 0.2) is 0 Å². The fraction of sp³-hybridized carbons (Fsp3) is 0.143. The molecule has 0 fully saturated rings. The first kappa shape index (κ1) is 8.06. The van der Waals surface area contributed by atoms with E-state index in [4.69, 9.17) is 0 Å². The second-order valence-corrected chi connectivity index (χ2v) is 3.13. The Hall–Kier alpha value is -1.56. The van der Waals surface area contributed by atoms with Crippen molar-refractivity contribution in [1.82, 2.24) is 20.2 Å². The minimum Gasteiger partial charge on any atom is -0.354 e. The largest absolute Gasteiger partial charge is 0.354 e. The number of nitrogens with one attached hydrogen (secondary N) is 1. The molecular weight excluding hydrogens is 186 g/mol. The Balaban J connectivity index is 1.94. The van der Waals surface area contributed by atoms with Crippen molar-refractivity contribution in [3.05, 3.63) is 29.8 Å². The Morgan fingerprint density at radius 3 is 3.15 bits per heavy atom. The summed E-state index contributed by atoms with van der Waals surface area (Å²) in [6.45, 7) is 0.651. The van der Waals surface area contributed by atoms with Gasteiger partial charge in [-0.05, 0) is 6.07 Å². The highest BCUT2D eigenvalue weighted by Gasteiger charge is 1.96. The molecule has 2 aromatic heterocycles. The Morgan fingerprint density at radius 1 is 1.46 bits per heavy atom. The average molecular weight is 193 g/mol. The van der Waals surface area contributed by atoms with Crippen LogP contribution in [0.1, 0.15) is 5.69 Å². The van der Waals surface area contributed by atoms with Crippen molar-refractivity contribution in [2.75, 3.05) is 5.32 Å². The van der Waals surface area contributed by atoms with Gasteiger partial charge >= 0.3 is 0 Å². The van der Waals surface area contributed by atoms with Crippen molar-refractivity contribution >= 4 is 16.5 Å². The van der Waals surface area contributed by atoms with Crippen molar-refractivity contribution in [3.8, 4) is 0 Å². The molecule has 0 aliphatic rings. The molecule has 0 bridgehead atoms. The zero-order valence-electron chi connectivity index (χ0n) is 6.71. The monoisotopic (exact) mass is 193 g/mol. The maximum absolute atomic E-state index is 4.06. The Morgan fingerprint density at radius 2 is 2.46 bits per heavy atom. The second-order valence-electron chi connectivity index (χ2n) is 2.30. The maximum atomic E-state index is 4.06. The van der Waals surface area contributed by atoms with Crippen molar-refractivity contribution in [3.63, 3.8) is 0 Å². The van der Waals surface area contributed by atoms with Crippen molar-refractivity contribution in [1.29, 1.82) is 0 Å². The van der Waals surface area contributed by atoms with Crippen molar-refractivity contribution < 1.29 is 0 Å². The van der Waals surface area contributed by atoms with E-state index < -0.39 is 0 Å². The van der Waals surface area contributed by atoms with Crippen LogP contribution in [0.2, 0.25) is 0 Å². The third kappa shape index (κ3) is 2.19. The molecule has 5 nitrogen and oxygen atoms in total. The van der Waals surface area contributed by atoms with E-state index >= 15 is 0 Å². The van der Waals surface area contributed by atoms with E-state index in [1.165, 1.54) is 17.7 Å². The van der Waals surface area contributed by atoms with Crippen LogP contribution in [0.3, 0.4) is 0 Å². The van der Waals surface area contributed by atoms with Gasteiger partial charge in [0.25, 0.3) is 0 Å². The maximum Gasteiger partial charge on any atom is 0.205 e. The summed E-state index contributed by atoms with van der Waals surface area (Å²) in [7, 11) is 0. The molecule has 0 aromatic carbocycles. The van der Waals surface area contributed by atoms with Gasteiger partial charge in [-0.15, -0.1) is 10.2 Å². The van der Waals surface area contributed by atoms with Crippen molar-refractivity contribution in [2.24, 2.45) is 0 Å². The first-order chi connectivity index (χ1) is 6.45. The molecule has 13 heavy (non-hydrogen) atoms. The molecular formula is C7H7N5S. The predicted octanol–water partition coefficient (Wildman–Crippen LogP) is 0.940. The number of anilines is 1. The molecule has 2 rings (SSSR count). The quantitative estimate of drug-likeness (QED) is 0.786. The van der Waals surface area contributed by atoms with E-state index in [9.17, 15) is 0 Å². The summed E-state index contributed by atoms with van der Waals surface area (Å²) in [5, 5.41) is 11.5. The second kappa shape index (κ2) is 3.90. The molecule has 66 valence electrons. The molecule has 0 saturated carbocycles. The number of nitrogens with zero attached hydrogens (tertiary/aromatic N) is 4. The Labute approximate surface area is 78.9 Å². The molecule has 6 heteroatoms. The smallest absolute Gasteiger partial charge is 0.205 e. The molecule has 0 unspecified atom stereocenters. The highest BCUT2D eigenvalue weighted by atomic mass is 32.1. The topological polar surface area (TPSA) is 63.6 Å². The summed E-state index contributed by atoms with van der Waals surface area (Å²) >= 11 is 1.47. The molecule has 0 aliphatic carbocycles. The van der Waals surface area contributed by atoms with Crippen molar-refractivity contribution in [2.45, 2.75) is 6.54 Å². The SMILES string of the molecule is c1cc(CNc2nncs2)ncn1. The summed E-state index contributed by atoms with van der Waals surface area (Å²) in [5.41, 5.74) is 2.62. The van der Waals surface area contributed by atoms with Gasteiger partial charge in [-0.3, -0.25) is 0 Å². The molecule has 0 atom stereocenters. The lowest BCUT2D eigenvalue weighted by Crippen LogP contribution is -2.00. The van der Waals surface area contributed by atoms with E-state index in [1.807, 2.05) is 6.07 Å². The van der Waals surface area contributed by atoms with E-state index in [-0.39, 0.29) is 0 Å². The van der Waals surface area contributed by atoms with E-state index in [1.54, 1.807) is 11.7 Å². The van der Waals surface area contributed by atoms with Gasteiger partial charge in [0.05, 0.1) is 12.2 Å². The summed E-state index contributed by atoms with van der Waals surface area (Å²) in [6, 6.07) is 1.86. The molecule has 1 N–H and O–H groups in total. The zero-order chi connectivity index (χ0) is 8.93. The van der Waals surface area contributed by atoms with Crippen LogP contribution >= 0.6 is 11.3 Å². The lowest BCUT2D eigenvalue weighted by molar-refractivity contribution is 0.988. The molecule has 0 amide bonds. The van der Waals surface area contributed by atoms with Crippen LogP contribution in [0.15, 0.2) is 24.1 Å². The minimum absolute atomic E-state index is 0.651. The number of hydrogen-bond donors (Lipinski definition) is 1. The van der Waals surface area contributed by atoms with E-state index in [0.717, 1.165) is 10.8 Å². The van der Waals surface area contributed by atoms with Crippen LogP contribution in [0.25, 0.3) is 0 Å². The summed E-state index contributed by atoms with van der Waals surface area (Å²) in [6.07, 6.45) is 3.24. The number of hydrogen-bond acceptors (Lipinski definition) is 6. The van der Waals surface area contributed by atoms with Gasteiger partial charge in [0.2, 0.25) is 5.13 Å². The fourth-order valence-corrected chi connectivity index (χ4v) is 1.28. The lowest BCUT2D eigenvalue weighted by atomic mass is 10.4. The van der Waals surface area contributed by atoms with Crippen LogP contribution in [-0.4, -0.2) is 20.2 Å². The first-order valence-corrected chi connectivity index (χ1v) is 4.58. The lowest BCUT2D eigenvalue weighted by Gasteiger charge is -1.99. The highest BCUT2D eigenvalue weighted by molar-refractivity contribution is 7.13. The third-order valence-electron chi connectivity index (χ3n) is 1.42. The van der Waals surface area contributed by atoms with Crippen LogP contribution in [-0.2, 0) is 6.54 Å². The van der Waals surface area contributed by atoms with Gasteiger partial charge < -0.3 is 5.32 Å². The third-order valence-corrected chi connectivity index (χ3v) is 2.07. The average Bonchev–Trinajstić information content (AvgIpc) is 2.69. The van der Waals surface area contributed by atoms with Crippen LogP contribution < -0.4 is 5.32 Å². The van der Waals surface area contributed by atoms with Gasteiger partial charge in [-0.1, -0.05) is 11.3 Å². The zero-order valence-corrected chi connectivity index (χ0v) is 7.53. The number of aromatic nitrogens is 4. The van der Waals surface area contributed by atoms with Gasteiger partial charge in [0, 0.05) is 6.20 Å². The van der Waals surface area contributed by atoms with Gasteiger partial charge in [0.1, 0.15) is 11.8 Å². The van der Waals surface area contributed by atoms with Crippen LogP contribution in [0.4, 0.5) is 5.13 Å². The van der Waals surface area contributed by atoms with Crippen LogP contribution in [0.5, 0.6) is 0 Å². The summed E-state index contributed by atoms with van der Waals surface area (Å²) in [5.74, 6) is 0. The van der Waals surface area contributed by atoms with Crippen LogP contribution in [0, 0.1) is 0 Å². The predicted molar refractivity (Wildman–Crippen MR) is 49.3 cm³/mol. The standard InChI is InChI=1S/C7H7N5S/c1-2-8-4-10-6(1)3-9-7-12-11-5-13-7/h1-2,4-5H,3H2,(H,9,12). The first-order valence-electron chi connectivity index (χ1n) is 3.70.